The summed E-state index contributed by atoms with van der Waals surface area (Å²) < 4.78 is 0. The van der Waals surface area contributed by atoms with Crippen LogP contribution >= 0.6 is 34.5 Å². The number of carbonyl (C=O) groups is 1. The van der Waals surface area contributed by atoms with Crippen LogP contribution in [0.4, 0.5) is 0 Å². The van der Waals surface area contributed by atoms with Crippen LogP contribution in [-0.2, 0) is 13.0 Å². The van der Waals surface area contributed by atoms with E-state index in [2.05, 4.69) is 4.98 Å². The lowest BCUT2D eigenvalue weighted by Gasteiger charge is -2.31. The van der Waals surface area contributed by atoms with Gasteiger partial charge in [-0.25, -0.2) is 4.98 Å². The third kappa shape index (κ3) is 4.09. The van der Waals surface area contributed by atoms with Gasteiger partial charge >= 0.3 is 0 Å². The molecule has 7 heteroatoms. The van der Waals surface area contributed by atoms with Crippen LogP contribution < -0.4 is 5.73 Å². The van der Waals surface area contributed by atoms with Crippen molar-refractivity contribution in [2.75, 3.05) is 13.1 Å². The number of thiazole rings is 1. The van der Waals surface area contributed by atoms with Gasteiger partial charge in [-0.1, -0.05) is 23.2 Å². The van der Waals surface area contributed by atoms with Gasteiger partial charge in [0.2, 0.25) is 0 Å². The van der Waals surface area contributed by atoms with Gasteiger partial charge in [-0.05, 0) is 48.9 Å². The lowest BCUT2D eigenvalue weighted by Crippen LogP contribution is -2.39. The number of benzene rings is 1. The molecule has 1 aliphatic rings. The summed E-state index contributed by atoms with van der Waals surface area (Å²) in [5.74, 6) is 0.519. The number of carbonyl (C=O) groups excluding carboxylic acids is 1. The molecule has 1 aliphatic heterocycles. The van der Waals surface area contributed by atoms with Crippen molar-refractivity contribution in [1.82, 2.24) is 9.88 Å². The fourth-order valence-electron chi connectivity index (χ4n) is 3.02. The molecule has 0 spiro atoms. The van der Waals surface area contributed by atoms with Gasteiger partial charge in [-0.15, -0.1) is 11.3 Å². The smallest absolute Gasteiger partial charge is 0.273 e. The minimum absolute atomic E-state index is 0.00480. The van der Waals surface area contributed by atoms with Gasteiger partial charge in [-0.2, -0.15) is 0 Å². The molecule has 2 aromatic rings. The predicted molar refractivity (Wildman–Crippen MR) is 98.8 cm³/mol. The van der Waals surface area contributed by atoms with E-state index >= 15 is 0 Å². The summed E-state index contributed by atoms with van der Waals surface area (Å²) in [7, 11) is 0. The van der Waals surface area contributed by atoms with Gasteiger partial charge in [0, 0.05) is 35.1 Å². The van der Waals surface area contributed by atoms with Crippen LogP contribution in [-0.4, -0.2) is 28.9 Å². The standard InChI is InChI=1S/C17H19Cl2N3OS/c18-13-1-2-14(19)12(8-13)7-11-3-5-22(6-4-11)17(23)15-10-24-16(9-20)21-15/h1-2,8,10-11H,3-7,9,20H2. The van der Waals surface area contributed by atoms with Crippen molar-refractivity contribution in [2.24, 2.45) is 11.7 Å². The fourth-order valence-corrected chi connectivity index (χ4v) is 4.05. The molecule has 3 rings (SSSR count). The Labute approximate surface area is 155 Å². The zero-order valence-electron chi connectivity index (χ0n) is 13.2. The molecule has 1 fully saturated rings. The van der Waals surface area contributed by atoms with E-state index in [1.807, 2.05) is 17.0 Å². The number of hydrogen-bond donors (Lipinski definition) is 1. The molecule has 0 radical (unpaired) electrons. The minimum Gasteiger partial charge on any atom is -0.337 e. The summed E-state index contributed by atoms with van der Waals surface area (Å²) in [6, 6.07) is 5.58. The zero-order valence-corrected chi connectivity index (χ0v) is 15.5. The van der Waals surface area contributed by atoms with Gasteiger partial charge in [0.25, 0.3) is 5.91 Å². The largest absolute Gasteiger partial charge is 0.337 e. The van der Waals surface area contributed by atoms with Crippen LogP contribution in [0.5, 0.6) is 0 Å². The number of nitrogens with two attached hydrogens (primary N) is 1. The van der Waals surface area contributed by atoms with E-state index in [0.29, 0.717) is 23.2 Å². The van der Waals surface area contributed by atoms with Crippen molar-refractivity contribution in [3.63, 3.8) is 0 Å². The Morgan fingerprint density at radius 2 is 2.08 bits per heavy atom. The quantitative estimate of drug-likeness (QED) is 0.867. The molecule has 2 N–H and O–H groups in total. The summed E-state index contributed by atoms with van der Waals surface area (Å²) in [6.07, 6.45) is 2.82. The van der Waals surface area contributed by atoms with Crippen molar-refractivity contribution in [1.29, 1.82) is 0 Å². The SMILES string of the molecule is NCc1nc(C(=O)N2CCC(Cc3cc(Cl)ccc3Cl)CC2)cs1. The number of rotatable bonds is 4. The van der Waals surface area contributed by atoms with E-state index in [-0.39, 0.29) is 5.91 Å². The van der Waals surface area contributed by atoms with Crippen LogP contribution in [0.25, 0.3) is 0 Å². The van der Waals surface area contributed by atoms with E-state index in [1.54, 1.807) is 11.4 Å². The van der Waals surface area contributed by atoms with Gasteiger partial charge < -0.3 is 10.6 Å². The molecule has 1 saturated heterocycles. The lowest BCUT2D eigenvalue weighted by atomic mass is 9.90. The molecule has 0 unspecified atom stereocenters. The topological polar surface area (TPSA) is 59.2 Å². The number of aromatic nitrogens is 1. The van der Waals surface area contributed by atoms with Crippen LogP contribution in [0.15, 0.2) is 23.6 Å². The monoisotopic (exact) mass is 383 g/mol. The Morgan fingerprint density at radius 3 is 2.75 bits per heavy atom. The predicted octanol–water partition coefficient (Wildman–Crippen LogP) is 4.00. The molecule has 128 valence electrons. The Morgan fingerprint density at radius 1 is 1.33 bits per heavy atom. The summed E-state index contributed by atoms with van der Waals surface area (Å²) in [5, 5.41) is 4.06. The Balaban J connectivity index is 1.57. The number of likely N-dealkylation sites (tertiary alicyclic amines) is 1. The number of amides is 1. The van der Waals surface area contributed by atoms with Gasteiger partial charge in [0.05, 0.1) is 0 Å². The maximum absolute atomic E-state index is 12.5. The molecule has 1 aromatic carbocycles. The van der Waals surface area contributed by atoms with E-state index in [0.717, 1.165) is 47.9 Å². The van der Waals surface area contributed by atoms with Crippen LogP contribution in [0.2, 0.25) is 10.0 Å². The third-order valence-electron chi connectivity index (χ3n) is 4.36. The molecule has 0 atom stereocenters. The molecular weight excluding hydrogens is 365 g/mol. The number of halogens is 2. The van der Waals surface area contributed by atoms with Crippen molar-refractivity contribution >= 4 is 40.4 Å². The van der Waals surface area contributed by atoms with Crippen molar-refractivity contribution < 1.29 is 4.79 Å². The van der Waals surface area contributed by atoms with E-state index in [4.69, 9.17) is 28.9 Å². The van der Waals surface area contributed by atoms with Crippen LogP contribution in [0.1, 0.15) is 33.9 Å². The van der Waals surface area contributed by atoms with Crippen molar-refractivity contribution in [2.45, 2.75) is 25.8 Å². The fraction of sp³-hybridized carbons (Fsp3) is 0.412. The zero-order chi connectivity index (χ0) is 17.1. The second kappa shape index (κ2) is 7.83. The van der Waals surface area contributed by atoms with Crippen LogP contribution in [0.3, 0.4) is 0 Å². The molecule has 24 heavy (non-hydrogen) atoms. The summed E-state index contributed by atoms with van der Waals surface area (Å²) in [6.45, 7) is 1.87. The summed E-state index contributed by atoms with van der Waals surface area (Å²) in [5.41, 5.74) is 7.15. The average molecular weight is 384 g/mol. The van der Waals surface area contributed by atoms with E-state index in [9.17, 15) is 4.79 Å². The highest BCUT2D eigenvalue weighted by Gasteiger charge is 2.25. The highest BCUT2D eigenvalue weighted by molar-refractivity contribution is 7.09. The van der Waals surface area contributed by atoms with Gasteiger partial charge in [-0.3, -0.25) is 4.79 Å². The number of piperidine rings is 1. The second-order valence-corrected chi connectivity index (χ2v) is 7.79. The molecule has 1 aromatic heterocycles. The van der Waals surface area contributed by atoms with Gasteiger partial charge in [0.15, 0.2) is 0 Å². The molecule has 2 heterocycles. The van der Waals surface area contributed by atoms with Gasteiger partial charge in [0.1, 0.15) is 10.7 Å². The average Bonchev–Trinajstić information content (AvgIpc) is 3.07. The highest BCUT2D eigenvalue weighted by Crippen LogP contribution is 2.28. The lowest BCUT2D eigenvalue weighted by molar-refractivity contribution is 0.0685. The number of hydrogen-bond acceptors (Lipinski definition) is 4. The summed E-state index contributed by atoms with van der Waals surface area (Å²) >= 11 is 13.7. The maximum Gasteiger partial charge on any atom is 0.273 e. The minimum atomic E-state index is 0.00480. The highest BCUT2D eigenvalue weighted by atomic mass is 35.5. The molecule has 1 amide bonds. The van der Waals surface area contributed by atoms with Crippen LogP contribution in [0, 0.1) is 5.92 Å². The first kappa shape index (κ1) is 17.7. The van der Waals surface area contributed by atoms with Crippen molar-refractivity contribution in [3.05, 3.63) is 49.9 Å². The summed E-state index contributed by atoms with van der Waals surface area (Å²) in [4.78, 5) is 18.6. The molecule has 4 nitrogen and oxygen atoms in total. The van der Waals surface area contributed by atoms with Crippen molar-refractivity contribution in [3.8, 4) is 0 Å². The normalized spacial score (nSPS) is 15.7. The molecular formula is C17H19Cl2N3OS. The molecule has 0 aliphatic carbocycles. The molecule has 0 saturated carbocycles. The first-order chi connectivity index (χ1) is 11.6. The first-order valence-electron chi connectivity index (χ1n) is 7.94. The molecule has 0 bridgehead atoms. The van der Waals surface area contributed by atoms with E-state index < -0.39 is 0 Å². The second-order valence-electron chi connectivity index (χ2n) is 6.01. The maximum atomic E-state index is 12.5. The first-order valence-corrected chi connectivity index (χ1v) is 9.58. The van der Waals surface area contributed by atoms with E-state index in [1.165, 1.54) is 11.3 Å². The Kier molecular flexibility index (Phi) is 5.76. The third-order valence-corrected chi connectivity index (χ3v) is 5.84. The Hall–Kier alpha value is -1.14. The Bertz CT molecular complexity index is 726. The number of nitrogens with zero attached hydrogens (tertiary/aromatic N) is 2.